The summed E-state index contributed by atoms with van der Waals surface area (Å²) in [5, 5.41) is 4.70. The van der Waals surface area contributed by atoms with Crippen molar-refractivity contribution < 1.29 is 4.39 Å². The third kappa shape index (κ3) is 2.87. The van der Waals surface area contributed by atoms with Gasteiger partial charge in [-0.05, 0) is 24.3 Å². The van der Waals surface area contributed by atoms with Crippen LogP contribution in [0.4, 0.5) is 10.1 Å². The molecule has 3 rings (SSSR count). The van der Waals surface area contributed by atoms with Crippen molar-refractivity contribution in [2.75, 3.05) is 5.73 Å². The zero-order valence-electron chi connectivity index (χ0n) is 11.0. The highest BCUT2D eigenvalue weighted by molar-refractivity contribution is 6.31. The van der Waals surface area contributed by atoms with Crippen molar-refractivity contribution in [3.63, 3.8) is 0 Å². The summed E-state index contributed by atoms with van der Waals surface area (Å²) < 4.78 is 15.3. The molecule has 0 bridgehead atoms. The van der Waals surface area contributed by atoms with E-state index < -0.39 is 0 Å². The average Bonchev–Trinajstić information content (AvgIpc) is 2.92. The molecule has 0 aliphatic carbocycles. The Bertz CT molecular complexity index is 765. The van der Waals surface area contributed by atoms with Crippen LogP contribution in [0.1, 0.15) is 5.56 Å². The smallest absolute Gasteiger partial charge is 0.181 e. The first-order chi connectivity index (χ1) is 10.1. The van der Waals surface area contributed by atoms with Crippen LogP contribution in [0, 0.1) is 5.82 Å². The van der Waals surface area contributed by atoms with Gasteiger partial charge in [-0.3, -0.25) is 0 Å². The third-order valence-corrected chi connectivity index (χ3v) is 3.42. The van der Waals surface area contributed by atoms with Gasteiger partial charge in [0.15, 0.2) is 5.82 Å². The molecule has 0 unspecified atom stereocenters. The maximum Gasteiger partial charge on any atom is 0.181 e. The predicted molar refractivity (Wildman–Crippen MR) is 80.4 cm³/mol. The van der Waals surface area contributed by atoms with E-state index in [9.17, 15) is 4.39 Å². The molecule has 0 saturated heterocycles. The van der Waals surface area contributed by atoms with E-state index in [1.807, 2.05) is 12.1 Å². The molecular formula is C15H12ClFN4. The molecule has 3 aromatic rings. The highest BCUT2D eigenvalue weighted by atomic mass is 35.5. The largest absolute Gasteiger partial charge is 0.399 e. The number of benzene rings is 2. The molecule has 21 heavy (non-hydrogen) atoms. The Morgan fingerprint density at radius 1 is 1.19 bits per heavy atom. The molecule has 2 N–H and O–H groups in total. The molecule has 1 heterocycles. The van der Waals surface area contributed by atoms with Crippen molar-refractivity contribution in [2.45, 2.75) is 6.54 Å². The summed E-state index contributed by atoms with van der Waals surface area (Å²) in [7, 11) is 0. The summed E-state index contributed by atoms with van der Waals surface area (Å²) in [4.78, 5) is 4.21. The molecule has 0 radical (unpaired) electrons. The minimum absolute atomic E-state index is 0.223. The highest BCUT2D eigenvalue weighted by Gasteiger charge is 2.10. The molecular weight excluding hydrogens is 291 g/mol. The van der Waals surface area contributed by atoms with E-state index in [2.05, 4.69) is 10.1 Å². The van der Waals surface area contributed by atoms with Crippen LogP contribution in [0.5, 0.6) is 0 Å². The normalized spacial score (nSPS) is 10.8. The Kier molecular flexibility index (Phi) is 3.58. The lowest BCUT2D eigenvalue weighted by molar-refractivity contribution is 0.585. The van der Waals surface area contributed by atoms with Gasteiger partial charge in [0.2, 0.25) is 0 Å². The molecule has 0 amide bonds. The zero-order chi connectivity index (χ0) is 14.8. The number of hydrogen-bond donors (Lipinski definition) is 1. The van der Waals surface area contributed by atoms with Crippen molar-refractivity contribution in [3.8, 4) is 11.4 Å². The molecule has 1 aromatic heterocycles. The number of rotatable bonds is 3. The molecule has 0 aliphatic heterocycles. The minimum atomic E-state index is -0.358. The van der Waals surface area contributed by atoms with E-state index in [4.69, 9.17) is 17.3 Å². The molecule has 6 heteroatoms. The molecule has 4 nitrogen and oxygen atoms in total. The second-order valence-electron chi connectivity index (χ2n) is 4.59. The van der Waals surface area contributed by atoms with Crippen LogP contribution in [-0.4, -0.2) is 14.8 Å². The van der Waals surface area contributed by atoms with E-state index in [1.54, 1.807) is 35.3 Å². The van der Waals surface area contributed by atoms with Gasteiger partial charge in [-0.15, -0.1) is 0 Å². The number of nitrogen functional groups attached to an aromatic ring is 1. The van der Waals surface area contributed by atoms with Gasteiger partial charge in [-0.1, -0.05) is 29.8 Å². The standard InChI is InChI=1S/C15H12ClFN4/c16-13-5-2-6-14(17)12(13)8-21-9-19-15(20-21)10-3-1-4-11(18)7-10/h1-7,9H,8,18H2. The summed E-state index contributed by atoms with van der Waals surface area (Å²) in [5.41, 5.74) is 7.58. The van der Waals surface area contributed by atoms with Crippen LogP contribution < -0.4 is 5.73 Å². The summed E-state index contributed by atoms with van der Waals surface area (Å²) in [5.74, 6) is 0.179. The number of aromatic nitrogens is 3. The van der Waals surface area contributed by atoms with Gasteiger partial charge in [0, 0.05) is 21.8 Å². The lowest BCUT2D eigenvalue weighted by Gasteiger charge is -2.05. The molecule has 106 valence electrons. The van der Waals surface area contributed by atoms with E-state index in [0.29, 0.717) is 22.1 Å². The van der Waals surface area contributed by atoms with Crippen LogP contribution >= 0.6 is 11.6 Å². The molecule has 0 spiro atoms. The second-order valence-corrected chi connectivity index (χ2v) is 5.00. The first-order valence-electron chi connectivity index (χ1n) is 6.32. The lowest BCUT2D eigenvalue weighted by atomic mass is 10.2. The van der Waals surface area contributed by atoms with Gasteiger partial charge < -0.3 is 5.73 Å². The molecule has 2 aromatic carbocycles. The van der Waals surface area contributed by atoms with Crippen LogP contribution in [0.25, 0.3) is 11.4 Å². The Hall–Kier alpha value is -2.40. The molecule has 0 aliphatic rings. The fraction of sp³-hybridized carbons (Fsp3) is 0.0667. The van der Waals surface area contributed by atoms with Crippen molar-refractivity contribution in [3.05, 3.63) is 65.2 Å². The fourth-order valence-corrected chi connectivity index (χ4v) is 2.25. The summed E-state index contributed by atoms with van der Waals surface area (Å²) in [6.07, 6.45) is 1.54. The monoisotopic (exact) mass is 302 g/mol. The Morgan fingerprint density at radius 3 is 2.76 bits per heavy atom. The highest BCUT2D eigenvalue weighted by Crippen LogP contribution is 2.21. The SMILES string of the molecule is Nc1cccc(-c2ncn(Cc3c(F)cccc3Cl)n2)c1. The third-order valence-electron chi connectivity index (χ3n) is 3.06. The van der Waals surface area contributed by atoms with Gasteiger partial charge in [0.25, 0.3) is 0 Å². The Labute approximate surface area is 126 Å². The van der Waals surface area contributed by atoms with Crippen LogP contribution in [0.2, 0.25) is 5.02 Å². The quantitative estimate of drug-likeness (QED) is 0.755. The predicted octanol–water partition coefficient (Wildman–Crippen LogP) is 3.37. The van der Waals surface area contributed by atoms with Gasteiger partial charge in [-0.2, -0.15) is 5.10 Å². The first kappa shape index (κ1) is 13.6. The Balaban J connectivity index is 1.89. The van der Waals surface area contributed by atoms with Crippen molar-refractivity contribution in [2.24, 2.45) is 0 Å². The minimum Gasteiger partial charge on any atom is -0.399 e. The van der Waals surface area contributed by atoms with E-state index in [0.717, 1.165) is 5.56 Å². The fourth-order valence-electron chi connectivity index (χ4n) is 2.03. The van der Waals surface area contributed by atoms with Gasteiger partial charge in [0.1, 0.15) is 12.1 Å². The summed E-state index contributed by atoms with van der Waals surface area (Å²) in [6.45, 7) is 0.223. The molecule has 0 fully saturated rings. The van der Waals surface area contributed by atoms with Crippen molar-refractivity contribution in [1.29, 1.82) is 0 Å². The maximum atomic E-state index is 13.8. The average molecular weight is 303 g/mol. The van der Waals surface area contributed by atoms with Crippen LogP contribution in [-0.2, 0) is 6.54 Å². The van der Waals surface area contributed by atoms with Crippen molar-refractivity contribution >= 4 is 17.3 Å². The van der Waals surface area contributed by atoms with Crippen LogP contribution in [0.15, 0.2) is 48.8 Å². The summed E-state index contributed by atoms with van der Waals surface area (Å²) in [6, 6.07) is 11.9. The molecule has 0 atom stereocenters. The lowest BCUT2D eigenvalue weighted by Crippen LogP contribution is -2.03. The van der Waals surface area contributed by atoms with Gasteiger partial charge >= 0.3 is 0 Å². The number of nitrogens with zero attached hydrogens (tertiary/aromatic N) is 3. The maximum absolute atomic E-state index is 13.8. The second kappa shape index (κ2) is 5.54. The van der Waals surface area contributed by atoms with E-state index in [1.165, 1.54) is 6.07 Å². The van der Waals surface area contributed by atoms with Gasteiger partial charge in [0.05, 0.1) is 6.54 Å². The topological polar surface area (TPSA) is 56.7 Å². The number of nitrogens with two attached hydrogens (primary N) is 1. The first-order valence-corrected chi connectivity index (χ1v) is 6.69. The molecule has 0 saturated carbocycles. The number of anilines is 1. The van der Waals surface area contributed by atoms with Crippen LogP contribution in [0.3, 0.4) is 0 Å². The van der Waals surface area contributed by atoms with Gasteiger partial charge in [-0.25, -0.2) is 14.1 Å². The number of hydrogen-bond acceptors (Lipinski definition) is 3. The summed E-state index contributed by atoms with van der Waals surface area (Å²) >= 11 is 6.01. The zero-order valence-corrected chi connectivity index (χ0v) is 11.8. The van der Waals surface area contributed by atoms with E-state index in [-0.39, 0.29) is 12.4 Å². The Morgan fingerprint density at radius 2 is 2.00 bits per heavy atom. The number of halogens is 2. The van der Waals surface area contributed by atoms with Crippen molar-refractivity contribution in [1.82, 2.24) is 14.8 Å². The van der Waals surface area contributed by atoms with E-state index >= 15 is 0 Å².